The summed E-state index contributed by atoms with van der Waals surface area (Å²) in [5.74, 6) is -8.19. The molecule has 2 atom stereocenters. The van der Waals surface area contributed by atoms with Crippen LogP contribution in [-0.4, -0.2) is 93.9 Å². The molecule has 0 radical (unpaired) electrons. The van der Waals surface area contributed by atoms with Crippen molar-refractivity contribution in [1.82, 2.24) is 19.8 Å². The van der Waals surface area contributed by atoms with Crippen LogP contribution in [0.2, 0.25) is 0 Å². The first-order valence-electron chi connectivity index (χ1n) is 12.1. The topological polar surface area (TPSA) is 240 Å². The molecule has 6 N–H and O–H groups in total. The standard InChI is InChI=1S/C22H22BF2N4O12PS/c1-43(39,40)29-8-7-28(22(29)34)21(33)27-17(11-5-6-13(42(36,37)38)16(25)15(11)24)19(30)26-14-9-10-3-2-4-12(20(31)32)18(10)41-23(14)35/h2-6,14,17,35H,7-9H2,1H3,(H,26,30)(H,27,33)(H,31,32)(H2,36,37,38)/t14-,17+/m0/s1. The second-order valence-electron chi connectivity index (χ2n) is 9.42. The minimum atomic E-state index is -5.32. The number of carboxylic acids is 1. The van der Waals surface area contributed by atoms with Gasteiger partial charge >= 0.3 is 32.7 Å². The van der Waals surface area contributed by atoms with Crippen LogP contribution < -0.4 is 20.6 Å². The molecule has 2 aromatic carbocycles. The van der Waals surface area contributed by atoms with Gasteiger partial charge in [-0.2, -0.15) is 0 Å². The Balaban J connectivity index is 1.67. The second-order valence-corrected chi connectivity index (χ2v) is 12.9. The van der Waals surface area contributed by atoms with Gasteiger partial charge in [0.1, 0.15) is 17.1 Å². The summed E-state index contributed by atoms with van der Waals surface area (Å²) >= 11 is 0. The van der Waals surface area contributed by atoms with E-state index in [1.54, 1.807) is 0 Å². The van der Waals surface area contributed by atoms with E-state index < -0.39 is 96.3 Å². The number of aromatic carboxylic acids is 1. The van der Waals surface area contributed by atoms with E-state index in [9.17, 15) is 56.5 Å². The predicted molar refractivity (Wildman–Crippen MR) is 141 cm³/mol. The number of nitrogens with one attached hydrogen (secondary N) is 2. The number of para-hydroxylation sites is 1. The quantitative estimate of drug-likeness (QED) is 0.158. The fourth-order valence-corrected chi connectivity index (χ4v) is 5.90. The number of sulfonamides is 1. The van der Waals surface area contributed by atoms with Crippen LogP contribution in [0.15, 0.2) is 30.3 Å². The maximum absolute atomic E-state index is 15.2. The third-order valence-corrected chi connectivity index (χ3v) is 8.65. The molecule has 0 spiro atoms. The van der Waals surface area contributed by atoms with Crippen molar-refractivity contribution in [3.63, 3.8) is 0 Å². The molecule has 0 saturated carbocycles. The summed E-state index contributed by atoms with van der Waals surface area (Å²) < 4.78 is 70.7. The van der Waals surface area contributed by atoms with Crippen LogP contribution in [0.5, 0.6) is 5.75 Å². The van der Waals surface area contributed by atoms with Gasteiger partial charge < -0.3 is 35.2 Å². The number of carbonyl (C=O) groups excluding carboxylic acids is 3. The lowest BCUT2D eigenvalue weighted by molar-refractivity contribution is -0.123. The van der Waals surface area contributed by atoms with Gasteiger partial charge in [-0.25, -0.2) is 40.8 Å². The lowest BCUT2D eigenvalue weighted by atomic mass is 9.72. The lowest BCUT2D eigenvalue weighted by Gasteiger charge is -2.30. The molecule has 21 heteroatoms. The molecule has 2 heterocycles. The first-order valence-corrected chi connectivity index (χ1v) is 15.5. The van der Waals surface area contributed by atoms with Crippen LogP contribution in [0, 0.1) is 11.6 Å². The monoisotopic (exact) mass is 646 g/mol. The summed E-state index contributed by atoms with van der Waals surface area (Å²) in [6, 6.07) is 0.182. The number of benzene rings is 2. The van der Waals surface area contributed by atoms with Crippen molar-refractivity contribution < 1.29 is 65.5 Å². The molecule has 2 aliphatic heterocycles. The average molecular weight is 646 g/mol. The Morgan fingerprint density at radius 3 is 2.40 bits per heavy atom. The van der Waals surface area contributed by atoms with Gasteiger partial charge in [0, 0.05) is 5.56 Å². The summed E-state index contributed by atoms with van der Waals surface area (Å²) in [5, 5.41) is 22.7. The molecule has 5 amide bonds. The Hall–Kier alpha value is -4.10. The third-order valence-electron chi connectivity index (χ3n) is 6.54. The molecule has 0 bridgehead atoms. The van der Waals surface area contributed by atoms with E-state index in [0.717, 1.165) is 0 Å². The Bertz CT molecular complexity index is 1690. The molecule has 4 rings (SSSR count). The molecule has 2 aliphatic rings. The van der Waals surface area contributed by atoms with Gasteiger partial charge in [0.2, 0.25) is 15.9 Å². The van der Waals surface area contributed by atoms with E-state index in [2.05, 4.69) is 5.32 Å². The molecule has 0 aliphatic carbocycles. The first kappa shape index (κ1) is 31.8. The summed E-state index contributed by atoms with van der Waals surface area (Å²) in [4.78, 5) is 69.4. The Morgan fingerprint density at radius 2 is 1.81 bits per heavy atom. The zero-order chi connectivity index (χ0) is 32.0. The maximum atomic E-state index is 15.2. The van der Waals surface area contributed by atoms with E-state index in [1.165, 1.54) is 18.2 Å². The number of carboxylic acid groups (broad SMARTS) is 1. The zero-order valence-electron chi connectivity index (χ0n) is 21.8. The van der Waals surface area contributed by atoms with Gasteiger partial charge in [0.15, 0.2) is 11.6 Å². The van der Waals surface area contributed by atoms with E-state index >= 15 is 4.39 Å². The number of nitrogens with zero attached hydrogens (tertiary/aromatic N) is 2. The van der Waals surface area contributed by atoms with Crippen LogP contribution >= 0.6 is 7.60 Å². The molecule has 1 saturated heterocycles. The smallest absolute Gasteiger partial charge is 0.534 e. The maximum Gasteiger partial charge on any atom is 0.547 e. The number of carbonyl (C=O) groups is 4. The van der Waals surface area contributed by atoms with Gasteiger partial charge in [-0.15, -0.1) is 0 Å². The van der Waals surface area contributed by atoms with Crippen LogP contribution in [0.25, 0.3) is 0 Å². The molecule has 2 aromatic rings. The molecule has 0 aromatic heterocycles. The number of halogens is 2. The highest BCUT2D eigenvalue weighted by Gasteiger charge is 2.43. The number of fused-ring (bicyclic) bond motifs is 1. The lowest BCUT2D eigenvalue weighted by Crippen LogP contribution is -2.56. The Labute approximate surface area is 241 Å². The third kappa shape index (κ3) is 6.32. The SMILES string of the molecule is CS(=O)(=O)N1CCN(C(=O)N[C@@H](C(=O)N[C@H]2Cc3cccc(C(=O)O)c3OB2O)c2ccc(P(=O)(O)O)c(F)c2F)C1=O. The first-order chi connectivity index (χ1) is 19.9. The molecular weight excluding hydrogens is 624 g/mol. The fourth-order valence-electron chi connectivity index (χ4n) is 4.48. The molecule has 0 unspecified atom stereocenters. The number of hydrogen-bond donors (Lipinski definition) is 6. The van der Waals surface area contributed by atoms with Crippen LogP contribution in [0.1, 0.15) is 27.5 Å². The Morgan fingerprint density at radius 1 is 1.14 bits per heavy atom. The van der Waals surface area contributed by atoms with Gasteiger partial charge in [0.05, 0.1) is 30.8 Å². The van der Waals surface area contributed by atoms with Crippen molar-refractivity contribution in [1.29, 1.82) is 0 Å². The highest BCUT2D eigenvalue weighted by atomic mass is 32.2. The number of hydrogen-bond acceptors (Lipinski definition) is 9. The highest BCUT2D eigenvalue weighted by molar-refractivity contribution is 7.88. The van der Waals surface area contributed by atoms with Crippen LogP contribution in [0.3, 0.4) is 0 Å². The number of imide groups is 1. The molecule has 230 valence electrons. The van der Waals surface area contributed by atoms with Gasteiger partial charge in [0.25, 0.3) is 0 Å². The predicted octanol–water partition coefficient (Wildman–Crippen LogP) is -0.946. The molecule has 16 nitrogen and oxygen atoms in total. The van der Waals surface area contributed by atoms with Crippen LogP contribution in [0.4, 0.5) is 18.4 Å². The van der Waals surface area contributed by atoms with Crippen molar-refractivity contribution >= 4 is 54.0 Å². The van der Waals surface area contributed by atoms with Crippen molar-refractivity contribution in [2.45, 2.75) is 18.4 Å². The minimum absolute atomic E-state index is 0.179. The zero-order valence-corrected chi connectivity index (χ0v) is 23.5. The fraction of sp³-hybridized carbons (Fsp3) is 0.273. The molecule has 1 fully saturated rings. The highest BCUT2D eigenvalue weighted by Crippen LogP contribution is 2.36. The normalized spacial score (nSPS) is 17.7. The van der Waals surface area contributed by atoms with E-state index in [4.69, 9.17) is 4.65 Å². The largest absolute Gasteiger partial charge is 0.547 e. The van der Waals surface area contributed by atoms with E-state index in [-0.39, 0.29) is 23.3 Å². The van der Waals surface area contributed by atoms with Crippen molar-refractivity contribution in [3.05, 3.63) is 58.7 Å². The summed E-state index contributed by atoms with van der Waals surface area (Å²) in [6.07, 6.45) is 0.477. The van der Waals surface area contributed by atoms with Gasteiger partial charge in [-0.05, 0) is 24.1 Å². The van der Waals surface area contributed by atoms with E-state index in [1.807, 2.05) is 5.32 Å². The molecular formula is C22H22BF2N4O12PS. The average Bonchev–Trinajstić information content (AvgIpc) is 3.30. The molecule has 43 heavy (non-hydrogen) atoms. The van der Waals surface area contributed by atoms with E-state index in [0.29, 0.717) is 27.6 Å². The summed E-state index contributed by atoms with van der Waals surface area (Å²) in [5.41, 5.74) is -0.998. The number of amides is 5. The van der Waals surface area contributed by atoms with Gasteiger partial charge in [-0.1, -0.05) is 18.2 Å². The van der Waals surface area contributed by atoms with Crippen molar-refractivity contribution in [3.8, 4) is 5.75 Å². The van der Waals surface area contributed by atoms with Gasteiger partial charge in [-0.3, -0.25) is 9.36 Å². The van der Waals surface area contributed by atoms with Crippen molar-refractivity contribution in [2.75, 3.05) is 19.3 Å². The number of urea groups is 2. The van der Waals surface area contributed by atoms with Crippen LogP contribution in [-0.2, 0) is 25.8 Å². The summed E-state index contributed by atoms with van der Waals surface area (Å²) in [7, 11) is -11.3. The summed E-state index contributed by atoms with van der Waals surface area (Å²) in [6.45, 7) is -0.913. The van der Waals surface area contributed by atoms with Crippen molar-refractivity contribution in [2.24, 2.45) is 0 Å². The Kier molecular flexibility index (Phi) is 8.54. The number of rotatable bonds is 7. The second kappa shape index (κ2) is 11.5. The minimum Gasteiger partial charge on any atom is -0.534 e.